The first-order chi connectivity index (χ1) is 8.35. The van der Waals surface area contributed by atoms with Crippen LogP contribution in [0, 0.1) is 0 Å². The van der Waals surface area contributed by atoms with E-state index in [1.54, 1.807) is 0 Å². The lowest BCUT2D eigenvalue weighted by atomic mass is 10.2. The number of aromatic nitrogens is 1. The molecule has 0 radical (unpaired) electrons. The first-order valence-corrected chi connectivity index (χ1v) is 6.76. The fourth-order valence-corrected chi connectivity index (χ4v) is 2.72. The second kappa shape index (κ2) is 6.01. The highest BCUT2D eigenvalue weighted by atomic mass is 15.2. The van der Waals surface area contributed by atoms with E-state index in [2.05, 4.69) is 28.9 Å². The number of nitrogens with two attached hydrogens (primary N) is 1. The molecule has 0 spiro atoms. The van der Waals surface area contributed by atoms with Crippen molar-refractivity contribution in [2.24, 2.45) is 5.73 Å². The van der Waals surface area contributed by atoms with Crippen molar-refractivity contribution < 1.29 is 0 Å². The lowest BCUT2D eigenvalue weighted by Crippen LogP contribution is -2.33. The van der Waals surface area contributed by atoms with Crippen LogP contribution in [-0.2, 0) is 6.42 Å². The summed E-state index contributed by atoms with van der Waals surface area (Å²) in [7, 11) is 0. The van der Waals surface area contributed by atoms with Gasteiger partial charge in [-0.2, -0.15) is 0 Å². The Morgan fingerprint density at radius 3 is 2.65 bits per heavy atom. The average molecular weight is 233 g/mol. The summed E-state index contributed by atoms with van der Waals surface area (Å²) >= 11 is 0. The van der Waals surface area contributed by atoms with Crippen molar-refractivity contribution >= 4 is 5.82 Å². The van der Waals surface area contributed by atoms with Crippen molar-refractivity contribution in [1.29, 1.82) is 0 Å². The third kappa shape index (κ3) is 2.97. The SMILES string of the molecule is CCN(c1ccc(CCN)cn1)C1CCCC1. The first-order valence-electron chi connectivity index (χ1n) is 6.76. The van der Waals surface area contributed by atoms with Gasteiger partial charge in [-0.05, 0) is 44.4 Å². The monoisotopic (exact) mass is 233 g/mol. The lowest BCUT2D eigenvalue weighted by Gasteiger charge is -2.28. The van der Waals surface area contributed by atoms with Gasteiger partial charge in [-0.3, -0.25) is 0 Å². The number of hydrogen-bond acceptors (Lipinski definition) is 3. The fourth-order valence-electron chi connectivity index (χ4n) is 2.72. The molecule has 3 heteroatoms. The molecule has 0 unspecified atom stereocenters. The number of pyridine rings is 1. The maximum atomic E-state index is 5.55. The molecule has 1 fully saturated rings. The Labute approximate surface area is 104 Å². The van der Waals surface area contributed by atoms with Gasteiger partial charge in [-0.1, -0.05) is 18.9 Å². The molecule has 0 aliphatic heterocycles. The molecule has 2 rings (SSSR count). The Morgan fingerprint density at radius 2 is 2.12 bits per heavy atom. The zero-order valence-electron chi connectivity index (χ0n) is 10.7. The Kier molecular flexibility index (Phi) is 4.37. The number of anilines is 1. The van der Waals surface area contributed by atoms with E-state index in [9.17, 15) is 0 Å². The van der Waals surface area contributed by atoms with E-state index in [0.29, 0.717) is 12.6 Å². The smallest absolute Gasteiger partial charge is 0.128 e. The zero-order valence-corrected chi connectivity index (χ0v) is 10.7. The van der Waals surface area contributed by atoms with Gasteiger partial charge in [0.05, 0.1) is 0 Å². The molecule has 2 N–H and O–H groups in total. The van der Waals surface area contributed by atoms with E-state index in [1.165, 1.54) is 31.2 Å². The van der Waals surface area contributed by atoms with Crippen molar-refractivity contribution in [3.8, 4) is 0 Å². The van der Waals surface area contributed by atoms with Gasteiger partial charge in [0, 0.05) is 18.8 Å². The molecule has 0 bridgehead atoms. The number of rotatable bonds is 5. The minimum Gasteiger partial charge on any atom is -0.354 e. The molecule has 0 aromatic carbocycles. The van der Waals surface area contributed by atoms with Gasteiger partial charge in [0.1, 0.15) is 5.82 Å². The number of hydrogen-bond donors (Lipinski definition) is 1. The van der Waals surface area contributed by atoms with Crippen molar-refractivity contribution in [3.05, 3.63) is 23.9 Å². The van der Waals surface area contributed by atoms with Crippen LogP contribution in [0.25, 0.3) is 0 Å². The second-order valence-electron chi connectivity index (χ2n) is 4.79. The van der Waals surface area contributed by atoms with E-state index >= 15 is 0 Å². The van der Waals surface area contributed by atoms with Crippen molar-refractivity contribution in [2.75, 3.05) is 18.0 Å². The van der Waals surface area contributed by atoms with Gasteiger partial charge in [0.25, 0.3) is 0 Å². The highest BCUT2D eigenvalue weighted by Crippen LogP contribution is 2.26. The quantitative estimate of drug-likeness (QED) is 0.849. The molecule has 1 aromatic heterocycles. The van der Waals surface area contributed by atoms with E-state index < -0.39 is 0 Å². The Bertz CT molecular complexity index is 328. The van der Waals surface area contributed by atoms with Gasteiger partial charge in [-0.25, -0.2) is 4.98 Å². The first kappa shape index (κ1) is 12.4. The van der Waals surface area contributed by atoms with Gasteiger partial charge < -0.3 is 10.6 Å². The van der Waals surface area contributed by atoms with Crippen LogP contribution in [0.5, 0.6) is 0 Å². The Hall–Kier alpha value is -1.09. The molecule has 1 aromatic rings. The van der Waals surface area contributed by atoms with Crippen molar-refractivity contribution in [2.45, 2.75) is 45.1 Å². The van der Waals surface area contributed by atoms with E-state index in [4.69, 9.17) is 5.73 Å². The highest BCUT2D eigenvalue weighted by molar-refractivity contribution is 5.40. The topological polar surface area (TPSA) is 42.1 Å². The molecule has 0 atom stereocenters. The molecule has 3 nitrogen and oxygen atoms in total. The lowest BCUT2D eigenvalue weighted by molar-refractivity contribution is 0.613. The summed E-state index contributed by atoms with van der Waals surface area (Å²) in [6.45, 7) is 3.96. The van der Waals surface area contributed by atoms with E-state index in [1.807, 2.05) is 6.20 Å². The largest absolute Gasteiger partial charge is 0.354 e. The van der Waals surface area contributed by atoms with Gasteiger partial charge in [-0.15, -0.1) is 0 Å². The van der Waals surface area contributed by atoms with Crippen LogP contribution >= 0.6 is 0 Å². The summed E-state index contributed by atoms with van der Waals surface area (Å²) in [5, 5.41) is 0. The maximum absolute atomic E-state index is 5.55. The predicted molar refractivity (Wildman–Crippen MR) is 72.3 cm³/mol. The summed E-state index contributed by atoms with van der Waals surface area (Å²) in [5.74, 6) is 1.13. The Balaban J connectivity index is 2.07. The normalized spacial score (nSPS) is 16.4. The molecule has 1 aliphatic carbocycles. The zero-order chi connectivity index (χ0) is 12.1. The molecular weight excluding hydrogens is 210 g/mol. The number of nitrogens with zero attached hydrogens (tertiary/aromatic N) is 2. The molecule has 1 saturated carbocycles. The minimum absolute atomic E-state index is 0.696. The molecule has 1 aliphatic rings. The molecule has 17 heavy (non-hydrogen) atoms. The third-order valence-corrected chi connectivity index (χ3v) is 3.64. The van der Waals surface area contributed by atoms with E-state index in [0.717, 1.165) is 18.8 Å². The van der Waals surface area contributed by atoms with Crippen LogP contribution in [0.1, 0.15) is 38.2 Å². The summed E-state index contributed by atoms with van der Waals surface area (Å²) in [6, 6.07) is 5.01. The predicted octanol–water partition coefficient (Wildman–Crippen LogP) is 2.35. The summed E-state index contributed by atoms with van der Waals surface area (Å²) in [4.78, 5) is 7.03. The second-order valence-corrected chi connectivity index (χ2v) is 4.79. The van der Waals surface area contributed by atoms with Gasteiger partial charge in [0.2, 0.25) is 0 Å². The average Bonchev–Trinajstić information content (AvgIpc) is 2.86. The molecule has 1 heterocycles. The summed E-state index contributed by atoms with van der Waals surface area (Å²) in [5.41, 5.74) is 6.78. The van der Waals surface area contributed by atoms with Crippen LogP contribution in [-0.4, -0.2) is 24.1 Å². The maximum Gasteiger partial charge on any atom is 0.128 e. The van der Waals surface area contributed by atoms with Crippen LogP contribution in [0.2, 0.25) is 0 Å². The van der Waals surface area contributed by atoms with Gasteiger partial charge in [0.15, 0.2) is 0 Å². The van der Waals surface area contributed by atoms with Crippen LogP contribution in [0.15, 0.2) is 18.3 Å². The van der Waals surface area contributed by atoms with E-state index in [-0.39, 0.29) is 0 Å². The molecule has 0 saturated heterocycles. The molecule has 0 amide bonds. The summed E-state index contributed by atoms with van der Waals surface area (Å²) < 4.78 is 0. The van der Waals surface area contributed by atoms with Crippen LogP contribution < -0.4 is 10.6 Å². The molecular formula is C14H23N3. The van der Waals surface area contributed by atoms with Crippen LogP contribution in [0.4, 0.5) is 5.82 Å². The van der Waals surface area contributed by atoms with Gasteiger partial charge >= 0.3 is 0 Å². The highest BCUT2D eigenvalue weighted by Gasteiger charge is 2.22. The standard InChI is InChI=1S/C14H23N3/c1-2-17(13-5-3-4-6-13)14-8-7-12(9-10-15)11-16-14/h7-8,11,13H,2-6,9-10,15H2,1H3. The van der Waals surface area contributed by atoms with Crippen molar-refractivity contribution in [3.63, 3.8) is 0 Å². The third-order valence-electron chi connectivity index (χ3n) is 3.64. The van der Waals surface area contributed by atoms with Crippen LogP contribution in [0.3, 0.4) is 0 Å². The fraction of sp³-hybridized carbons (Fsp3) is 0.643. The Morgan fingerprint density at radius 1 is 1.35 bits per heavy atom. The summed E-state index contributed by atoms with van der Waals surface area (Å²) in [6.07, 6.45) is 8.27. The van der Waals surface area contributed by atoms with Crippen molar-refractivity contribution in [1.82, 2.24) is 4.98 Å². The minimum atomic E-state index is 0.696. The molecule has 94 valence electrons.